The maximum absolute atomic E-state index is 9.90. The highest BCUT2D eigenvalue weighted by molar-refractivity contribution is 5.49. The zero-order valence-electron chi connectivity index (χ0n) is 11.9. The van der Waals surface area contributed by atoms with Gasteiger partial charge in [-0.2, -0.15) is 0 Å². The molecule has 0 bridgehead atoms. The van der Waals surface area contributed by atoms with Crippen molar-refractivity contribution in [1.29, 1.82) is 0 Å². The molecule has 0 spiro atoms. The Morgan fingerprint density at radius 3 is 2.47 bits per heavy atom. The highest BCUT2D eigenvalue weighted by Gasteiger charge is 2.18. The molecule has 1 aromatic rings. The predicted octanol–water partition coefficient (Wildman–Crippen LogP) is 1.64. The van der Waals surface area contributed by atoms with E-state index in [0.29, 0.717) is 13.0 Å². The molecule has 0 saturated carbocycles. The largest absolute Gasteiger partial charge is 0.491 e. The van der Waals surface area contributed by atoms with Crippen molar-refractivity contribution in [2.24, 2.45) is 0 Å². The summed E-state index contributed by atoms with van der Waals surface area (Å²) in [5, 5.41) is 13.2. The van der Waals surface area contributed by atoms with E-state index in [0.717, 1.165) is 31.9 Å². The molecule has 1 aliphatic heterocycles. The minimum absolute atomic E-state index is 0.330. The van der Waals surface area contributed by atoms with Gasteiger partial charge in [0.25, 0.3) is 0 Å². The molecule has 1 saturated heterocycles. The number of nitrogens with one attached hydrogen (secondary N) is 1. The van der Waals surface area contributed by atoms with Crippen molar-refractivity contribution in [3.63, 3.8) is 0 Å². The van der Waals surface area contributed by atoms with E-state index in [4.69, 9.17) is 4.74 Å². The number of aliphatic hydroxyl groups is 1. The number of rotatable bonds is 5. The lowest BCUT2D eigenvalue weighted by Crippen LogP contribution is -2.43. The lowest BCUT2D eigenvalue weighted by Gasteiger charge is -2.29. The molecule has 1 unspecified atom stereocenters. The number of ether oxygens (including phenoxy) is 1. The molecule has 2 N–H and O–H groups in total. The van der Waals surface area contributed by atoms with Gasteiger partial charge in [0.15, 0.2) is 0 Å². The molecular weight excluding hydrogens is 240 g/mol. The van der Waals surface area contributed by atoms with Gasteiger partial charge in [0.1, 0.15) is 12.4 Å². The molecule has 106 valence electrons. The average molecular weight is 264 g/mol. The standard InChI is InChI=1S/C15H24N2O2/c1-3-15(2,18)12-19-14-6-4-13(5-7-14)17-10-8-16-9-11-17/h4-7,16,18H,3,8-12H2,1-2H3. The molecule has 1 aliphatic rings. The van der Waals surface area contributed by atoms with Crippen LogP contribution in [0.15, 0.2) is 24.3 Å². The Bertz CT molecular complexity index is 384. The number of piperazine rings is 1. The monoisotopic (exact) mass is 264 g/mol. The second-order valence-electron chi connectivity index (χ2n) is 5.37. The van der Waals surface area contributed by atoms with Gasteiger partial charge in [-0.25, -0.2) is 0 Å². The number of nitrogens with zero attached hydrogens (tertiary/aromatic N) is 1. The molecule has 19 heavy (non-hydrogen) atoms. The first kappa shape index (κ1) is 14.2. The molecule has 4 nitrogen and oxygen atoms in total. The minimum atomic E-state index is -0.753. The third-order valence-corrected chi connectivity index (χ3v) is 3.63. The van der Waals surface area contributed by atoms with E-state index < -0.39 is 5.60 Å². The first-order valence-corrected chi connectivity index (χ1v) is 7.02. The first-order chi connectivity index (χ1) is 9.11. The van der Waals surface area contributed by atoms with Crippen molar-refractivity contribution in [3.8, 4) is 5.75 Å². The number of benzene rings is 1. The Balaban J connectivity index is 1.91. The van der Waals surface area contributed by atoms with Gasteiger partial charge in [0.2, 0.25) is 0 Å². The van der Waals surface area contributed by atoms with E-state index in [1.807, 2.05) is 19.1 Å². The predicted molar refractivity (Wildman–Crippen MR) is 77.9 cm³/mol. The Labute approximate surface area is 115 Å². The summed E-state index contributed by atoms with van der Waals surface area (Å²) < 4.78 is 5.62. The second-order valence-corrected chi connectivity index (χ2v) is 5.37. The zero-order chi connectivity index (χ0) is 13.7. The van der Waals surface area contributed by atoms with E-state index in [1.54, 1.807) is 6.92 Å². The molecule has 4 heteroatoms. The van der Waals surface area contributed by atoms with Gasteiger partial charge in [0, 0.05) is 31.9 Å². The topological polar surface area (TPSA) is 44.7 Å². The number of anilines is 1. The molecule has 0 aromatic heterocycles. The van der Waals surface area contributed by atoms with Crippen LogP contribution in [0.2, 0.25) is 0 Å². The molecule has 0 radical (unpaired) electrons. The van der Waals surface area contributed by atoms with Crippen LogP contribution in [-0.2, 0) is 0 Å². The van der Waals surface area contributed by atoms with Crippen LogP contribution < -0.4 is 15.0 Å². The van der Waals surface area contributed by atoms with Crippen molar-refractivity contribution in [2.75, 3.05) is 37.7 Å². The molecule has 1 aromatic carbocycles. The van der Waals surface area contributed by atoms with Crippen molar-refractivity contribution in [2.45, 2.75) is 25.9 Å². The fourth-order valence-electron chi connectivity index (χ4n) is 2.02. The molecule has 1 atom stereocenters. The van der Waals surface area contributed by atoms with Crippen molar-refractivity contribution < 1.29 is 9.84 Å². The van der Waals surface area contributed by atoms with Gasteiger partial charge in [-0.3, -0.25) is 0 Å². The van der Waals surface area contributed by atoms with Crippen molar-refractivity contribution >= 4 is 5.69 Å². The highest BCUT2D eigenvalue weighted by atomic mass is 16.5. The lowest BCUT2D eigenvalue weighted by atomic mass is 10.1. The van der Waals surface area contributed by atoms with Crippen LogP contribution in [0.4, 0.5) is 5.69 Å². The van der Waals surface area contributed by atoms with E-state index in [9.17, 15) is 5.11 Å². The van der Waals surface area contributed by atoms with E-state index in [-0.39, 0.29) is 0 Å². The third kappa shape index (κ3) is 4.11. The molecule has 0 amide bonds. The SMILES string of the molecule is CCC(C)(O)COc1ccc(N2CCNCC2)cc1. The summed E-state index contributed by atoms with van der Waals surface area (Å²) in [6.07, 6.45) is 0.686. The summed E-state index contributed by atoms with van der Waals surface area (Å²) in [6, 6.07) is 8.12. The highest BCUT2D eigenvalue weighted by Crippen LogP contribution is 2.21. The smallest absolute Gasteiger partial charge is 0.119 e. The Morgan fingerprint density at radius 2 is 1.89 bits per heavy atom. The molecular formula is C15H24N2O2. The average Bonchev–Trinajstić information content (AvgIpc) is 2.47. The van der Waals surface area contributed by atoms with Gasteiger partial charge in [-0.15, -0.1) is 0 Å². The third-order valence-electron chi connectivity index (χ3n) is 3.63. The lowest BCUT2D eigenvalue weighted by molar-refractivity contribution is 0.00847. The first-order valence-electron chi connectivity index (χ1n) is 7.02. The summed E-state index contributed by atoms with van der Waals surface area (Å²) in [5.74, 6) is 0.813. The van der Waals surface area contributed by atoms with E-state index in [2.05, 4.69) is 22.3 Å². The van der Waals surface area contributed by atoms with Crippen molar-refractivity contribution in [3.05, 3.63) is 24.3 Å². The summed E-state index contributed by atoms with van der Waals surface area (Å²) in [7, 11) is 0. The fraction of sp³-hybridized carbons (Fsp3) is 0.600. The van der Waals surface area contributed by atoms with Crippen LogP contribution in [0, 0.1) is 0 Å². The summed E-state index contributed by atoms with van der Waals surface area (Å²) in [4.78, 5) is 2.36. The normalized spacial score (nSPS) is 19.0. The van der Waals surface area contributed by atoms with Gasteiger partial charge in [-0.1, -0.05) is 6.92 Å². The van der Waals surface area contributed by atoms with Crippen LogP contribution in [0.5, 0.6) is 5.75 Å². The molecule has 2 rings (SSSR count). The second kappa shape index (κ2) is 6.26. The Morgan fingerprint density at radius 1 is 1.26 bits per heavy atom. The van der Waals surface area contributed by atoms with E-state index >= 15 is 0 Å². The van der Waals surface area contributed by atoms with Crippen LogP contribution in [0.1, 0.15) is 20.3 Å². The maximum Gasteiger partial charge on any atom is 0.119 e. The fourth-order valence-corrected chi connectivity index (χ4v) is 2.02. The van der Waals surface area contributed by atoms with Gasteiger partial charge >= 0.3 is 0 Å². The summed E-state index contributed by atoms with van der Waals surface area (Å²) in [6.45, 7) is 8.25. The van der Waals surface area contributed by atoms with E-state index in [1.165, 1.54) is 5.69 Å². The molecule has 1 heterocycles. The zero-order valence-corrected chi connectivity index (χ0v) is 11.9. The quantitative estimate of drug-likeness (QED) is 0.848. The minimum Gasteiger partial charge on any atom is -0.491 e. The van der Waals surface area contributed by atoms with Crippen LogP contribution in [0.3, 0.4) is 0 Å². The van der Waals surface area contributed by atoms with Crippen molar-refractivity contribution in [1.82, 2.24) is 5.32 Å². The van der Waals surface area contributed by atoms with Gasteiger partial charge < -0.3 is 20.1 Å². The van der Waals surface area contributed by atoms with Crippen LogP contribution in [-0.4, -0.2) is 43.5 Å². The van der Waals surface area contributed by atoms with Crippen LogP contribution in [0.25, 0.3) is 0 Å². The maximum atomic E-state index is 9.90. The molecule has 1 fully saturated rings. The van der Waals surface area contributed by atoms with Gasteiger partial charge in [0.05, 0.1) is 5.60 Å². The molecule has 0 aliphatic carbocycles. The summed E-state index contributed by atoms with van der Waals surface area (Å²) >= 11 is 0. The Hall–Kier alpha value is -1.26. The van der Waals surface area contributed by atoms with Crippen LogP contribution >= 0.6 is 0 Å². The van der Waals surface area contributed by atoms with Gasteiger partial charge in [-0.05, 0) is 37.6 Å². The Kier molecular flexibility index (Phi) is 4.66. The number of hydrogen-bond acceptors (Lipinski definition) is 4. The summed E-state index contributed by atoms with van der Waals surface area (Å²) in [5.41, 5.74) is 0.480. The number of hydrogen-bond donors (Lipinski definition) is 2.